The maximum absolute atomic E-state index is 9.08. The molecule has 2 heterocycles. The second-order valence-corrected chi connectivity index (χ2v) is 6.09. The first-order valence-electron chi connectivity index (χ1n) is 7.06. The van der Waals surface area contributed by atoms with Gasteiger partial charge in [0.05, 0.1) is 6.61 Å². The van der Waals surface area contributed by atoms with Crippen LogP contribution in [0.1, 0.15) is 25.7 Å². The Balaban J connectivity index is 1.64. The Hall–Kier alpha value is 0.190. The van der Waals surface area contributed by atoms with Gasteiger partial charge in [-0.25, -0.2) is 0 Å². The van der Waals surface area contributed by atoms with Crippen LogP contribution >= 0.6 is 11.8 Å². The summed E-state index contributed by atoms with van der Waals surface area (Å²) in [6, 6.07) is 0.518. The predicted molar refractivity (Wildman–Crippen MR) is 73.9 cm³/mol. The van der Waals surface area contributed by atoms with E-state index in [0.29, 0.717) is 6.04 Å². The van der Waals surface area contributed by atoms with E-state index in [4.69, 9.17) is 14.6 Å². The van der Waals surface area contributed by atoms with Crippen LogP contribution in [0.25, 0.3) is 0 Å². The maximum atomic E-state index is 9.08. The molecule has 1 N–H and O–H groups in total. The van der Waals surface area contributed by atoms with Crippen molar-refractivity contribution in [2.45, 2.75) is 38.0 Å². The second-order valence-electron chi connectivity index (χ2n) is 4.94. The summed E-state index contributed by atoms with van der Waals surface area (Å²) in [4.78, 5) is 2.45. The molecule has 2 saturated heterocycles. The van der Waals surface area contributed by atoms with Gasteiger partial charge in [-0.05, 0) is 25.7 Å². The van der Waals surface area contributed by atoms with E-state index in [-0.39, 0.29) is 12.9 Å². The topological polar surface area (TPSA) is 41.9 Å². The summed E-state index contributed by atoms with van der Waals surface area (Å²) in [6.45, 7) is 3.96. The molecule has 2 atom stereocenters. The minimum Gasteiger partial charge on any atom is -0.396 e. The highest BCUT2D eigenvalue weighted by atomic mass is 32.2. The van der Waals surface area contributed by atoms with Crippen LogP contribution in [-0.4, -0.2) is 66.8 Å². The molecule has 5 heteroatoms. The Morgan fingerprint density at radius 2 is 2.33 bits per heavy atom. The lowest BCUT2D eigenvalue weighted by molar-refractivity contribution is -0.164. The van der Waals surface area contributed by atoms with Gasteiger partial charge in [0, 0.05) is 43.9 Å². The zero-order chi connectivity index (χ0) is 12.6. The molecule has 0 unspecified atom stereocenters. The third kappa shape index (κ3) is 4.70. The molecule has 2 fully saturated rings. The highest BCUT2D eigenvalue weighted by Crippen LogP contribution is 2.19. The van der Waals surface area contributed by atoms with Gasteiger partial charge in [-0.1, -0.05) is 0 Å². The SMILES string of the molecule is OCC[C@H]1CSCCN1CCO[C@H]1CCCCO1. The lowest BCUT2D eigenvalue weighted by atomic mass is 10.2. The van der Waals surface area contributed by atoms with Crippen LogP contribution in [0.2, 0.25) is 0 Å². The lowest BCUT2D eigenvalue weighted by Crippen LogP contribution is -2.44. The molecule has 0 aliphatic carbocycles. The standard InChI is InChI=1S/C13H25NO3S/c15-7-4-12-11-18-10-6-14(12)5-9-17-13-3-1-2-8-16-13/h12-13,15H,1-11H2/t12-,13-/m0/s1. The molecule has 0 saturated carbocycles. The van der Waals surface area contributed by atoms with E-state index in [0.717, 1.165) is 44.9 Å². The first-order valence-corrected chi connectivity index (χ1v) is 8.21. The number of nitrogens with zero attached hydrogens (tertiary/aromatic N) is 1. The lowest BCUT2D eigenvalue weighted by Gasteiger charge is -2.35. The molecule has 18 heavy (non-hydrogen) atoms. The number of rotatable bonds is 6. The average molecular weight is 275 g/mol. The van der Waals surface area contributed by atoms with Gasteiger partial charge >= 0.3 is 0 Å². The van der Waals surface area contributed by atoms with E-state index >= 15 is 0 Å². The smallest absolute Gasteiger partial charge is 0.157 e. The zero-order valence-electron chi connectivity index (χ0n) is 11.1. The fourth-order valence-corrected chi connectivity index (χ4v) is 3.72. The number of ether oxygens (including phenoxy) is 2. The fraction of sp³-hybridized carbons (Fsp3) is 1.00. The molecule has 2 aliphatic rings. The van der Waals surface area contributed by atoms with Crippen molar-refractivity contribution >= 4 is 11.8 Å². The number of hydrogen-bond donors (Lipinski definition) is 1. The Labute approximate surface area is 114 Å². The Bertz CT molecular complexity index is 222. The summed E-state index contributed by atoms with van der Waals surface area (Å²) >= 11 is 1.99. The van der Waals surface area contributed by atoms with Gasteiger partial charge in [0.2, 0.25) is 0 Å². The van der Waals surface area contributed by atoms with Crippen molar-refractivity contribution < 1.29 is 14.6 Å². The van der Waals surface area contributed by atoms with E-state index in [2.05, 4.69) is 4.90 Å². The van der Waals surface area contributed by atoms with Gasteiger partial charge < -0.3 is 14.6 Å². The predicted octanol–water partition coefficient (Wildman–Crippen LogP) is 1.33. The van der Waals surface area contributed by atoms with Crippen molar-refractivity contribution in [2.75, 3.05) is 44.4 Å². The minimum absolute atomic E-state index is 0.0224. The first-order chi connectivity index (χ1) is 8.90. The minimum atomic E-state index is 0.0224. The molecule has 106 valence electrons. The second kappa shape index (κ2) is 8.38. The van der Waals surface area contributed by atoms with Gasteiger partial charge in [0.25, 0.3) is 0 Å². The summed E-state index contributed by atoms with van der Waals surface area (Å²) in [6.07, 6.45) is 4.33. The van der Waals surface area contributed by atoms with Crippen LogP contribution in [0.3, 0.4) is 0 Å². The van der Waals surface area contributed by atoms with E-state index in [1.807, 2.05) is 11.8 Å². The summed E-state index contributed by atoms with van der Waals surface area (Å²) in [5.74, 6) is 2.34. The zero-order valence-corrected chi connectivity index (χ0v) is 11.9. The third-order valence-corrected chi connectivity index (χ3v) is 4.72. The first kappa shape index (κ1) is 14.6. The molecule has 2 aliphatic heterocycles. The van der Waals surface area contributed by atoms with Crippen LogP contribution in [0, 0.1) is 0 Å². The van der Waals surface area contributed by atoms with Gasteiger partial charge in [0.15, 0.2) is 6.29 Å². The van der Waals surface area contributed by atoms with Crippen molar-refractivity contribution in [1.29, 1.82) is 0 Å². The molecule has 0 bridgehead atoms. The van der Waals surface area contributed by atoms with Crippen molar-refractivity contribution in [2.24, 2.45) is 0 Å². The van der Waals surface area contributed by atoms with Crippen LogP contribution in [0.15, 0.2) is 0 Å². The Morgan fingerprint density at radius 3 is 3.11 bits per heavy atom. The van der Waals surface area contributed by atoms with Gasteiger partial charge in [-0.2, -0.15) is 11.8 Å². The molecule has 0 spiro atoms. The highest BCUT2D eigenvalue weighted by molar-refractivity contribution is 7.99. The molecule has 0 radical (unpaired) electrons. The average Bonchev–Trinajstić information content (AvgIpc) is 2.42. The number of thioether (sulfide) groups is 1. The van der Waals surface area contributed by atoms with E-state index in [9.17, 15) is 0 Å². The van der Waals surface area contributed by atoms with E-state index < -0.39 is 0 Å². The number of aliphatic hydroxyl groups is 1. The van der Waals surface area contributed by atoms with Gasteiger partial charge in [-0.15, -0.1) is 0 Å². The Kier molecular flexibility index (Phi) is 6.79. The van der Waals surface area contributed by atoms with Crippen LogP contribution < -0.4 is 0 Å². The van der Waals surface area contributed by atoms with E-state index in [1.165, 1.54) is 18.6 Å². The van der Waals surface area contributed by atoms with Crippen molar-refractivity contribution in [3.05, 3.63) is 0 Å². The third-order valence-electron chi connectivity index (χ3n) is 3.63. The summed E-state index contributed by atoms with van der Waals surface area (Å²) < 4.78 is 11.3. The summed E-state index contributed by atoms with van der Waals surface area (Å²) in [7, 11) is 0. The normalized spacial score (nSPS) is 30.5. The molecule has 0 aromatic heterocycles. The van der Waals surface area contributed by atoms with Crippen molar-refractivity contribution in [1.82, 2.24) is 4.90 Å². The summed E-state index contributed by atoms with van der Waals surface area (Å²) in [5.41, 5.74) is 0. The number of aliphatic hydroxyl groups excluding tert-OH is 1. The largest absolute Gasteiger partial charge is 0.396 e. The van der Waals surface area contributed by atoms with Crippen LogP contribution in [-0.2, 0) is 9.47 Å². The van der Waals surface area contributed by atoms with Crippen molar-refractivity contribution in [3.63, 3.8) is 0 Å². The fourth-order valence-electron chi connectivity index (χ4n) is 2.54. The van der Waals surface area contributed by atoms with Crippen LogP contribution in [0.4, 0.5) is 0 Å². The maximum Gasteiger partial charge on any atom is 0.157 e. The quantitative estimate of drug-likeness (QED) is 0.792. The molecule has 4 nitrogen and oxygen atoms in total. The molecule has 0 aromatic carbocycles. The molecule has 0 aromatic rings. The molecular formula is C13H25NO3S. The summed E-state index contributed by atoms with van der Waals surface area (Å²) in [5, 5.41) is 9.08. The van der Waals surface area contributed by atoms with E-state index in [1.54, 1.807) is 0 Å². The monoisotopic (exact) mass is 275 g/mol. The number of hydrogen-bond acceptors (Lipinski definition) is 5. The van der Waals surface area contributed by atoms with Gasteiger partial charge in [0.1, 0.15) is 0 Å². The van der Waals surface area contributed by atoms with Crippen molar-refractivity contribution in [3.8, 4) is 0 Å². The molecule has 2 rings (SSSR count). The van der Waals surface area contributed by atoms with Gasteiger partial charge in [-0.3, -0.25) is 4.90 Å². The highest BCUT2D eigenvalue weighted by Gasteiger charge is 2.22. The Morgan fingerprint density at radius 1 is 1.39 bits per heavy atom. The van der Waals surface area contributed by atoms with Crippen LogP contribution in [0.5, 0.6) is 0 Å². The molecular weight excluding hydrogens is 250 g/mol. The molecule has 0 amide bonds.